The summed E-state index contributed by atoms with van der Waals surface area (Å²) in [5.74, 6) is 3.32. The predicted octanol–water partition coefficient (Wildman–Crippen LogP) is 2.78. The van der Waals surface area contributed by atoms with Crippen LogP contribution in [0.25, 0.3) is 0 Å². The lowest BCUT2D eigenvalue weighted by molar-refractivity contribution is 0.955. The topological polar surface area (TPSA) is 25.8 Å². The lowest BCUT2D eigenvalue weighted by Crippen LogP contribution is -1.98. The molecule has 0 unspecified atom stereocenters. The zero-order valence-electron chi connectivity index (χ0n) is 7.88. The van der Waals surface area contributed by atoms with E-state index in [1.807, 2.05) is 24.8 Å². The monoisotopic (exact) mass is 216 g/mol. The van der Waals surface area contributed by atoms with Gasteiger partial charge in [0.15, 0.2) is 0 Å². The summed E-state index contributed by atoms with van der Waals surface area (Å²) in [5, 5.41) is 0. The van der Waals surface area contributed by atoms with E-state index in [1.54, 1.807) is 0 Å². The molecule has 0 aliphatic rings. The van der Waals surface area contributed by atoms with E-state index in [-0.39, 0.29) is 0 Å². The van der Waals surface area contributed by atoms with Gasteiger partial charge in [-0.05, 0) is 18.7 Å². The molecule has 0 fully saturated rings. The van der Waals surface area contributed by atoms with Crippen molar-refractivity contribution in [2.45, 2.75) is 25.5 Å². The molecule has 13 heavy (non-hydrogen) atoms. The van der Waals surface area contributed by atoms with Gasteiger partial charge < -0.3 is 0 Å². The Morgan fingerprint density at radius 1 is 1.46 bits per heavy atom. The average Bonchev–Trinajstić information content (AvgIpc) is 2.14. The van der Waals surface area contributed by atoms with Crippen LogP contribution in [0.2, 0.25) is 0 Å². The second-order valence-electron chi connectivity index (χ2n) is 2.69. The van der Waals surface area contributed by atoms with E-state index in [9.17, 15) is 0 Å². The fourth-order valence-electron chi connectivity index (χ4n) is 1.03. The Hall–Kier alpha value is -0.280. The van der Waals surface area contributed by atoms with Gasteiger partial charge in [-0.15, -0.1) is 11.6 Å². The fraction of sp³-hybridized carbons (Fsp3) is 0.556. The Morgan fingerprint density at radius 2 is 2.23 bits per heavy atom. The summed E-state index contributed by atoms with van der Waals surface area (Å²) in [6.45, 7) is 4.10. The van der Waals surface area contributed by atoms with Crippen molar-refractivity contribution in [3.8, 4) is 0 Å². The molecule has 0 aromatic carbocycles. The highest BCUT2D eigenvalue weighted by Crippen LogP contribution is 2.10. The zero-order valence-corrected chi connectivity index (χ0v) is 9.45. The second kappa shape index (κ2) is 5.45. The van der Waals surface area contributed by atoms with E-state index < -0.39 is 0 Å². The summed E-state index contributed by atoms with van der Waals surface area (Å²) >= 11 is 7.53. The van der Waals surface area contributed by atoms with Gasteiger partial charge in [0.05, 0.1) is 17.3 Å². The highest BCUT2D eigenvalue weighted by Gasteiger charge is 2.00. The molecule has 0 bridgehead atoms. The molecule has 1 aromatic heterocycles. The lowest BCUT2D eigenvalue weighted by Gasteiger charge is -2.02. The van der Waals surface area contributed by atoms with Gasteiger partial charge in [-0.2, -0.15) is 11.8 Å². The first-order valence-corrected chi connectivity index (χ1v) is 5.92. The van der Waals surface area contributed by atoms with Crippen molar-refractivity contribution in [1.82, 2.24) is 9.97 Å². The lowest BCUT2D eigenvalue weighted by atomic mass is 10.3. The third kappa shape index (κ3) is 3.53. The Bertz CT molecular complexity index is 278. The molecule has 0 saturated carbocycles. The van der Waals surface area contributed by atoms with Crippen molar-refractivity contribution in [3.05, 3.63) is 23.3 Å². The number of rotatable bonds is 4. The fourth-order valence-corrected chi connectivity index (χ4v) is 1.68. The summed E-state index contributed by atoms with van der Waals surface area (Å²) in [4.78, 5) is 8.65. The number of alkyl halides is 1. The SMILES string of the molecule is CCSCc1nc(C)cc(CCl)n1. The molecule has 1 heterocycles. The van der Waals surface area contributed by atoms with E-state index in [2.05, 4.69) is 16.9 Å². The maximum Gasteiger partial charge on any atom is 0.138 e. The molecule has 2 nitrogen and oxygen atoms in total. The summed E-state index contributed by atoms with van der Waals surface area (Å²) < 4.78 is 0. The van der Waals surface area contributed by atoms with Crippen molar-refractivity contribution in [1.29, 1.82) is 0 Å². The molecule has 0 spiro atoms. The second-order valence-corrected chi connectivity index (χ2v) is 4.23. The van der Waals surface area contributed by atoms with Crippen LogP contribution in [0.15, 0.2) is 6.07 Å². The first kappa shape index (κ1) is 10.8. The maximum atomic E-state index is 5.71. The average molecular weight is 217 g/mol. The molecule has 0 radical (unpaired) electrons. The predicted molar refractivity (Wildman–Crippen MR) is 58.2 cm³/mol. The Labute approximate surface area is 88.1 Å². The molecule has 1 aromatic rings. The van der Waals surface area contributed by atoms with Crippen LogP contribution in [-0.2, 0) is 11.6 Å². The van der Waals surface area contributed by atoms with E-state index in [0.717, 1.165) is 28.7 Å². The number of hydrogen-bond acceptors (Lipinski definition) is 3. The minimum Gasteiger partial charge on any atom is -0.237 e. The van der Waals surface area contributed by atoms with Gasteiger partial charge in [0.2, 0.25) is 0 Å². The Morgan fingerprint density at radius 3 is 2.85 bits per heavy atom. The van der Waals surface area contributed by atoms with Gasteiger partial charge in [0.25, 0.3) is 0 Å². The molecule has 0 saturated heterocycles. The quantitative estimate of drug-likeness (QED) is 0.724. The molecule has 0 atom stereocenters. The van der Waals surface area contributed by atoms with Gasteiger partial charge in [0.1, 0.15) is 5.82 Å². The molecule has 72 valence electrons. The molecule has 0 amide bonds. The van der Waals surface area contributed by atoms with Crippen LogP contribution in [0.5, 0.6) is 0 Å². The molecule has 0 aliphatic carbocycles. The van der Waals surface area contributed by atoms with Gasteiger partial charge in [-0.1, -0.05) is 6.92 Å². The van der Waals surface area contributed by atoms with Crippen LogP contribution < -0.4 is 0 Å². The first-order chi connectivity index (χ1) is 6.26. The molecule has 0 N–H and O–H groups in total. The molecule has 0 aliphatic heterocycles. The van der Waals surface area contributed by atoms with E-state index in [0.29, 0.717) is 5.88 Å². The van der Waals surface area contributed by atoms with Crippen LogP contribution >= 0.6 is 23.4 Å². The third-order valence-corrected chi connectivity index (χ3v) is 2.67. The normalized spacial score (nSPS) is 10.4. The minimum atomic E-state index is 0.465. The van der Waals surface area contributed by atoms with Crippen molar-refractivity contribution in [2.75, 3.05) is 5.75 Å². The van der Waals surface area contributed by atoms with E-state index in [1.165, 1.54) is 0 Å². The summed E-state index contributed by atoms with van der Waals surface area (Å²) in [7, 11) is 0. The summed E-state index contributed by atoms with van der Waals surface area (Å²) in [6.07, 6.45) is 0. The molecular formula is C9H13ClN2S. The number of thioether (sulfide) groups is 1. The van der Waals surface area contributed by atoms with Gasteiger partial charge in [-0.25, -0.2) is 9.97 Å². The van der Waals surface area contributed by atoms with Crippen molar-refractivity contribution >= 4 is 23.4 Å². The van der Waals surface area contributed by atoms with Gasteiger partial charge in [0, 0.05) is 5.69 Å². The first-order valence-electron chi connectivity index (χ1n) is 4.23. The highest BCUT2D eigenvalue weighted by atomic mass is 35.5. The van der Waals surface area contributed by atoms with Crippen LogP contribution in [0.1, 0.15) is 24.1 Å². The van der Waals surface area contributed by atoms with Crippen molar-refractivity contribution in [3.63, 3.8) is 0 Å². The van der Waals surface area contributed by atoms with E-state index >= 15 is 0 Å². The summed E-state index contributed by atoms with van der Waals surface area (Å²) in [5.41, 5.74) is 1.92. The maximum absolute atomic E-state index is 5.71. The van der Waals surface area contributed by atoms with Gasteiger partial charge in [-0.3, -0.25) is 0 Å². The smallest absolute Gasteiger partial charge is 0.138 e. The number of halogens is 1. The summed E-state index contributed by atoms with van der Waals surface area (Å²) in [6, 6.07) is 1.92. The van der Waals surface area contributed by atoms with Crippen LogP contribution in [-0.4, -0.2) is 15.7 Å². The number of hydrogen-bond donors (Lipinski definition) is 0. The molecule has 4 heteroatoms. The van der Waals surface area contributed by atoms with Crippen molar-refractivity contribution in [2.24, 2.45) is 0 Å². The Balaban J connectivity index is 2.76. The van der Waals surface area contributed by atoms with Crippen molar-refractivity contribution < 1.29 is 0 Å². The minimum absolute atomic E-state index is 0.465. The van der Waals surface area contributed by atoms with Crippen LogP contribution in [0, 0.1) is 6.92 Å². The van der Waals surface area contributed by atoms with Crippen LogP contribution in [0.4, 0.5) is 0 Å². The molecular weight excluding hydrogens is 204 g/mol. The van der Waals surface area contributed by atoms with E-state index in [4.69, 9.17) is 11.6 Å². The van der Waals surface area contributed by atoms with Crippen LogP contribution in [0.3, 0.4) is 0 Å². The standard InChI is InChI=1S/C9H13ClN2S/c1-3-13-6-9-11-7(2)4-8(5-10)12-9/h4H,3,5-6H2,1-2H3. The number of aromatic nitrogens is 2. The zero-order chi connectivity index (χ0) is 9.68. The number of aryl methyl sites for hydroxylation is 1. The highest BCUT2D eigenvalue weighted by molar-refractivity contribution is 7.98. The third-order valence-electron chi connectivity index (χ3n) is 1.53. The largest absolute Gasteiger partial charge is 0.237 e. The van der Waals surface area contributed by atoms with Gasteiger partial charge >= 0.3 is 0 Å². The molecule has 1 rings (SSSR count). The Kier molecular flexibility index (Phi) is 4.53. The number of nitrogens with zero attached hydrogens (tertiary/aromatic N) is 2.